The quantitative estimate of drug-likeness (QED) is 0.239. The van der Waals surface area contributed by atoms with Gasteiger partial charge in [-0.3, -0.25) is 9.69 Å². The summed E-state index contributed by atoms with van der Waals surface area (Å²) in [7, 11) is 1.23. The number of hydrogen-bond acceptors (Lipinski definition) is 2. The van der Waals surface area contributed by atoms with Crippen LogP contribution in [0.3, 0.4) is 0 Å². The van der Waals surface area contributed by atoms with Crippen LogP contribution in [-0.2, 0) is 0 Å². The highest BCUT2D eigenvalue weighted by Gasteiger charge is 2.40. The van der Waals surface area contributed by atoms with Crippen molar-refractivity contribution in [3.8, 4) is 0 Å². The zero-order chi connectivity index (χ0) is 28.3. The number of amides is 1. The first-order valence-electron chi connectivity index (χ1n) is 10.3. The molecule has 0 saturated carbocycles. The van der Waals surface area contributed by atoms with Crippen molar-refractivity contribution in [1.29, 1.82) is 0 Å². The monoisotopic (exact) mass is 612 g/mol. The van der Waals surface area contributed by atoms with Crippen molar-refractivity contribution in [3.05, 3.63) is 73.2 Å². The standard InChI is InChI=1S/C23H19Cl4F7N2O/c1-11(9-36(2)10-22(29,30)31)35-21(37)14-4-3-12(5-16(14)24)19(28)8-15(23(32,33)34)13-6-17(25)20(27)18(26)7-13/h3-8,11,15H,9-10H2,1-2H3,(H,35,37)/b19-8-/t11-,15?/m1/s1. The molecule has 0 bridgehead atoms. The molecule has 3 nitrogen and oxygen atoms in total. The van der Waals surface area contributed by atoms with Gasteiger partial charge in [-0.05, 0) is 49.9 Å². The fraction of sp³-hybridized carbons (Fsp3) is 0.348. The highest BCUT2D eigenvalue weighted by atomic mass is 35.5. The summed E-state index contributed by atoms with van der Waals surface area (Å²) in [5.41, 5.74) is -0.944. The molecule has 0 aliphatic heterocycles. The van der Waals surface area contributed by atoms with Gasteiger partial charge in [-0.2, -0.15) is 26.3 Å². The first-order chi connectivity index (χ1) is 16.9. The fourth-order valence-corrected chi connectivity index (χ4v) is 4.29. The molecule has 0 spiro atoms. The van der Waals surface area contributed by atoms with Gasteiger partial charge in [0.15, 0.2) is 0 Å². The first-order valence-corrected chi connectivity index (χ1v) is 11.8. The third-order valence-corrected chi connectivity index (χ3v) is 6.44. The van der Waals surface area contributed by atoms with Gasteiger partial charge in [0, 0.05) is 18.2 Å². The second kappa shape index (κ2) is 12.4. The van der Waals surface area contributed by atoms with Crippen LogP contribution in [0.5, 0.6) is 0 Å². The number of halogens is 11. The fourth-order valence-electron chi connectivity index (χ4n) is 3.41. The van der Waals surface area contributed by atoms with Crippen molar-refractivity contribution < 1.29 is 35.5 Å². The number of benzene rings is 2. The van der Waals surface area contributed by atoms with Crippen LogP contribution < -0.4 is 5.32 Å². The van der Waals surface area contributed by atoms with E-state index in [1.807, 2.05) is 0 Å². The van der Waals surface area contributed by atoms with E-state index in [2.05, 4.69) is 5.32 Å². The van der Waals surface area contributed by atoms with Gasteiger partial charge in [-0.1, -0.05) is 52.5 Å². The maximum absolute atomic E-state index is 14.9. The number of nitrogens with one attached hydrogen (secondary N) is 1. The number of likely N-dealkylation sites (N-methyl/N-ethyl adjacent to an activating group) is 1. The lowest BCUT2D eigenvalue weighted by Crippen LogP contribution is -2.43. The number of hydrogen-bond donors (Lipinski definition) is 1. The van der Waals surface area contributed by atoms with Crippen molar-refractivity contribution >= 4 is 58.1 Å². The van der Waals surface area contributed by atoms with Crippen LogP contribution in [0.4, 0.5) is 30.7 Å². The number of carbonyl (C=O) groups excluding carboxylic acids is 1. The molecule has 0 fully saturated rings. The van der Waals surface area contributed by atoms with Crippen molar-refractivity contribution in [3.63, 3.8) is 0 Å². The van der Waals surface area contributed by atoms with Crippen molar-refractivity contribution in [2.24, 2.45) is 0 Å². The van der Waals surface area contributed by atoms with E-state index in [4.69, 9.17) is 46.4 Å². The number of nitrogens with zero attached hydrogens (tertiary/aromatic N) is 1. The summed E-state index contributed by atoms with van der Waals surface area (Å²) < 4.78 is 93.5. The Labute approximate surface area is 228 Å². The molecule has 0 radical (unpaired) electrons. The average Bonchev–Trinajstić information content (AvgIpc) is 2.72. The maximum Gasteiger partial charge on any atom is 0.401 e. The number of alkyl halides is 6. The van der Waals surface area contributed by atoms with Crippen molar-refractivity contribution in [2.75, 3.05) is 20.1 Å². The zero-order valence-corrected chi connectivity index (χ0v) is 22.1. The molecule has 2 rings (SSSR count). The van der Waals surface area contributed by atoms with Gasteiger partial charge in [-0.25, -0.2) is 4.39 Å². The smallest absolute Gasteiger partial charge is 0.348 e. The van der Waals surface area contributed by atoms with Crippen molar-refractivity contribution in [1.82, 2.24) is 10.2 Å². The van der Waals surface area contributed by atoms with E-state index in [1.54, 1.807) is 0 Å². The van der Waals surface area contributed by atoms with Crippen LogP contribution >= 0.6 is 46.4 Å². The minimum atomic E-state index is -4.92. The molecule has 0 aliphatic rings. The van der Waals surface area contributed by atoms with E-state index in [1.165, 1.54) is 14.0 Å². The van der Waals surface area contributed by atoms with Gasteiger partial charge in [0.1, 0.15) is 11.7 Å². The van der Waals surface area contributed by atoms with Crippen LogP contribution in [-0.4, -0.2) is 49.3 Å². The van der Waals surface area contributed by atoms with Crippen LogP contribution in [0.15, 0.2) is 36.4 Å². The second-order valence-electron chi connectivity index (χ2n) is 8.21. The van der Waals surface area contributed by atoms with Gasteiger partial charge in [0.2, 0.25) is 0 Å². The van der Waals surface area contributed by atoms with Crippen LogP contribution in [0.25, 0.3) is 5.83 Å². The van der Waals surface area contributed by atoms with E-state index >= 15 is 0 Å². The van der Waals surface area contributed by atoms with E-state index in [-0.39, 0.29) is 37.8 Å². The van der Waals surface area contributed by atoms with Gasteiger partial charge in [0.05, 0.1) is 32.2 Å². The van der Waals surface area contributed by atoms with Gasteiger partial charge >= 0.3 is 12.4 Å². The Kier molecular flexibility index (Phi) is 10.6. The van der Waals surface area contributed by atoms with Crippen LogP contribution in [0.1, 0.15) is 34.3 Å². The summed E-state index contributed by atoms with van der Waals surface area (Å²) in [5.74, 6) is -4.48. The molecule has 0 heterocycles. The molecule has 37 heavy (non-hydrogen) atoms. The zero-order valence-electron chi connectivity index (χ0n) is 19.0. The maximum atomic E-state index is 14.9. The molecule has 0 saturated heterocycles. The summed E-state index contributed by atoms with van der Waals surface area (Å²) in [4.78, 5) is 13.4. The summed E-state index contributed by atoms with van der Waals surface area (Å²) in [6.45, 7) is 0.166. The van der Waals surface area contributed by atoms with Crippen molar-refractivity contribution in [2.45, 2.75) is 31.2 Å². The van der Waals surface area contributed by atoms with Gasteiger partial charge < -0.3 is 5.32 Å². The van der Waals surface area contributed by atoms with E-state index in [9.17, 15) is 35.5 Å². The Morgan fingerprint density at radius 1 is 1.00 bits per heavy atom. The minimum Gasteiger partial charge on any atom is -0.348 e. The molecule has 1 unspecified atom stereocenters. The third-order valence-electron chi connectivity index (χ3n) is 4.93. The SMILES string of the molecule is C[C@H](CN(C)CC(F)(F)F)NC(=O)c1ccc(/C(F)=C/C(c2cc(Cl)c(Cl)c(Cl)c2)C(F)(F)F)cc1Cl. The molecular formula is C23H19Cl4F7N2O. The van der Waals surface area contributed by atoms with E-state index in [0.717, 1.165) is 35.2 Å². The Hall–Kier alpha value is -1.72. The predicted molar refractivity (Wildman–Crippen MR) is 131 cm³/mol. The summed E-state index contributed by atoms with van der Waals surface area (Å²) in [6.07, 6.45) is -9.02. The molecule has 2 atom stereocenters. The predicted octanol–water partition coefficient (Wildman–Crippen LogP) is 8.57. The molecule has 204 valence electrons. The molecule has 14 heteroatoms. The van der Waals surface area contributed by atoms with Crippen LogP contribution in [0.2, 0.25) is 20.1 Å². The van der Waals surface area contributed by atoms with Crippen LogP contribution in [0, 0.1) is 0 Å². The molecule has 0 aliphatic carbocycles. The topological polar surface area (TPSA) is 32.3 Å². The minimum absolute atomic E-state index is 0.129. The average molecular weight is 614 g/mol. The largest absolute Gasteiger partial charge is 0.401 e. The van der Waals surface area contributed by atoms with Gasteiger partial charge in [-0.15, -0.1) is 0 Å². The lowest BCUT2D eigenvalue weighted by molar-refractivity contribution is -0.143. The Morgan fingerprint density at radius 3 is 2.05 bits per heavy atom. The molecule has 2 aromatic carbocycles. The summed E-state index contributed by atoms with van der Waals surface area (Å²) in [5, 5.41) is 1.54. The number of allylic oxidation sites excluding steroid dienone is 1. The lowest BCUT2D eigenvalue weighted by atomic mass is 9.96. The summed E-state index contributed by atoms with van der Waals surface area (Å²) in [6, 6.07) is 4.22. The Morgan fingerprint density at radius 2 is 1.57 bits per heavy atom. The number of rotatable bonds is 8. The second-order valence-corrected chi connectivity index (χ2v) is 9.81. The highest BCUT2D eigenvalue weighted by Crippen LogP contribution is 2.42. The van der Waals surface area contributed by atoms with Gasteiger partial charge in [0.25, 0.3) is 5.91 Å². The number of carbonyl (C=O) groups is 1. The Balaban J connectivity index is 2.25. The van der Waals surface area contributed by atoms with E-state index < -0.39 is 48.2 Å². The highest BCUT2D eigenvalue weighted by molar-refractivity contribution is 6.48. The molecule has 1 amide bonds. The third kappa shape index (κ3) is 9.21. The first kappa shape index (κ1) is 31.5. The molecular weight excluding hydrogens is 595 g/mol. The summed E-state index contributed by atoms with van der Waals surface area (Å²) >= 11 is 23.5. The molecule has 2 aromatic rings. The molecule has 1 N–H and O–H groups in total. The van der Waals surface area contributed by atoms with E-state index in [0.29, 0.717) is 6.08 Å². The molecule has 0 aromatic heterocycles. The Bertz CT molecular complexity index is 1150. The lowest BCUT2D eigenvalue weighted by Gasteiger charge is -2.23. The normalized spacial score (nSPS) is 14.6.